The summed E-state index contributed by atoms with van der Waals surface area (Å²) >= 11 is 0. The predicted octanol–water partition coefficient (Wildman–Crippen LogP) is 3.46. The van der Waals surface area contributed by atoms with Crippen molar-refractivity contribution in [3.63, 3.8) is 0 Å². The standard InChI is InChI=1S/C20H24N2O5/c1-3-25-15-8-7-9-16(14-15)27-13-12-21-20(24)22-18-11-6-5-10-17(18)19(23)26-4-2/h5-11,14H,3-4,12-13H2,1-2H3,(H2,21,22,24). The molecular formula is C20H24N2O5. The van der Waals surface area contributed by atoms with Crippen molar-refractivity contribution in [1.29, 1.82) is 0 Å². The van der Waals surface area contributed by atoms with Gasteiger partial charge in [0.05, 0.1) is 31.0 Å². The zero-order valence-electron chi connectivity index (χ0n) is 15.5. The summed E-state index contributed by atoms with van der Waals surface area (Å²) in [6, 6.07) is 13.5. The highest BCUT2D eigenvalue weighted by Crippen LogP contribution is 2.19. The first kappa shape index (κ1) is 20.1. The fraction of sp³-hybridized carbons (Fsp3) is 0.300. The van der Waals surface area contributed by atoms with E-state index in [2.05, 4.69) is 10.6 Å². The molecule has 0 aliphatic rings. The Morgan fingerprint density at radius 2 is 1.67 bits per heavy atom. The maximum absolute atomic E-state index is 12.0. The third kappa shape index (κ3) is 6.54. The van der Waals surface area contributed by atoms with Crippen LogP contribution in [0, 0.1) is 0 Å². The van der Waals surface area contributed by atoms with Crippen molar-refractivity contribution in [2.75, 3.05) is 31.7 Å². The number of amides is 2. The molecule has 0 radical (unpaired) electrons. The summed E-state index contributed by atoms with van der Waals surface area (Å²) in [5, 5.41) is 5.33. The third-order valence-corrected chi connectivity index (χ3v) is 3.44. The van der Waals surface area contributed by atoms with Gasteiger partial charge in [-0.1, -0.05) is 18.2 Å². The average molecular weight is 372 g/mol. The molecule has 2 rings (SSSR count). The lowest BCUT2D eigenvalue weighted by Gasteiger charge is -2.12. The van der Waals surface area contributed by atoms with Crippen LogP contribution in [0.25, 0.3) is 0 Å². The molecule has 2 aromatic rings. The molecule has 27 heavy (non-hydrogen) atoms. The first-order chi connectivity index (χ1) is 13.1. The first-order valence-corrected chi connectivity index (χ1v) is 8.80. The van der Waals surface area contributed by atoms with Crippen LogP contribution >= 0.6 is 0 Å². The van der Waals surface area contributed by atoms with Crippen LogP contribution in [0.1, 0.15) is 24.2 Å². The van der Waals surface area contributed by atoms with Gasteiger partial charge >= 0.3 is 12.0 Å². The van der Waals surface area contributed by atoms with Gasteiger partial charge < -0.3 is 24.8 Å². The Morgan fingerprint density at radius 1 is 0.926 bits per heavy atom. The molecule has 0 aliphatic carbocycles. The number of hydrogen-bond donors (Lipinski definition) is 2. The highest BCUT2D eigenvalue weighted by atomic mass is 16.5. The van der Waals surface area contributed by atoms with E-state index in [0.29, 0.717) is 36.8 Å². The van der Waals surface area contributed by atoms with Gasteiger partial charge in [-0.05, 0) is 38.1 Å². The van der Waals surface area contributed by atoms with Gasteiger partial charge in [-0.25, -0.2) is 9.59 Å². The lowest BCUT2D eigenvalue weighted by Crippen LogP contribution is -2.32. The van der Waals surface area contributed by atoms with Crippen LogP contribution in [0.2, 0.25) is 0 Å². The highest BCUT2D eigenvalue weighted by Gasteiger charge is 2.13. The number of nitrogens with one attached hydrogen (secondary N) is 2. The second-order valence-electron chi connectivity index (χ2n) is 5.40. The largest absolute Gasteiger partial charge is 0.494 e. The zero-order chi connectivity index (χ0) is 19.5. The van der Waals surface area contributed by atoms with E-state index < -0.39 is 12.0 Å². The number of benzene rings is 2. The Hall–Kier alpha value is -3.22. The van der Waals surface area contributed by atoms with Gasteiger partial charge in [0.1, 0.15) is 18.1 Å². The molecule has 2 aromatic carbocycles. The number of carbonyl (C=O) groups excluding carboxylic acids is 2. The van der Waals surface area contributed by atoms with Crippen molar-refractivity contribution in [3.05, 3.63) is 54.1 Å². The molecule has 2 N–H and O–H groups in total. The Kier molecular flexibility index (Phi) is 7.96. The van der Waals surface area contributed by atoms with E-state index in [9.17, 15) is 9.59 Å². The van der Waals surface area contributed by atoms with Gasteiger partial charge in [0, 0.05) is 6.07 Å². The van der Waals surface area contributed by atoms with E-state index in [0.717, 1.165) is 5.75 Å². The fourth-order valence-electron chi connectivity index (χ4n) is 2.30. The van der Waals surface area contributed by atoms with Crippen LogP contribution < -0.4 is 20.1 Å². The lowest BCUT2D eigenvalue weighted by molar-refractivity contribution is 0.0527. The molecular weight excluding hydrogens is 348 g/mol. The quantitative estimate of drug-likeness (QED) is 0.520. The minimum Gasteiger partial charge on any atom is -0.494 e. The van der Waals surface area contributed by atoms with Crippen molar-refractivity contribution in [2.24, 2.45) is 0 Å². The molecule has 0 saturated carbocycles. The maximum Gasteiger partial charge on any atom is 0.340 e. The SMILES string of the molecule is CCOC(=O)c1ccccc1NC(=O)NCCOc1cccc(OCC)c1. The second-order valence-corrected chi connectivity index (χ2v) is 5.40. The summed E-state index contributed by atoms with van der Waals surface area (Å²) in [6.45, 7) is 5.08. The summed E-state index contributed by atoms with van der Waals surface area (Å²) in [5.74, 6) is 0.915. The minimum absolute atomic E-state index is 0.265. The molecule has 0 heterocycles. The van der Waals surface area contributed by atoms with Gasteiger partial charge in [-0.2, -0.15) is 0 Å². The monoisotopic (exact) mass is 372 g/mol. The molecule has 0 aliphatic heterocycles. The smallest absolute Gasteiger partial charge is 0.340 e. The average Bonchev–Trinajstić information content (AvgIpc) is 2.66. The summed E-state index contributed by atoms with van der Waals surface area (Å²) in [5.41, 5.74) is 0.692. The summed E-state index contributed by atoms with van der Waals surface area (Å²) < 4.78 is 16.0. The van der Waals surface area contributed by atoms with Gasteiger partial charge in [-0.15, -0.1) is 0 Å². The van der Waals surface area contributed by atoms with Crippen molar-refractivity contribution in [1.82, 2.24) is 5.32 Å². The topological polar surface area (TPSA) is 85.9 Å². The highest BCUT2D eigenvalue weighted by molar-refractivity contribution is 6.00. The molecule has 7 heteroatoms. The minimum atomic E-state index is -0.481. The summed E-state index contributed by atoms with van der Waals surface area (Å²) in [4.78, 5) is 24.0. The van der Waals surface area contributed by atoms with Crippen molar-refractivity contribution < 1.29 is 23.8 Å². The number of esters is 1. The summed E-state index contributed by atoms with van der Waals surface area (Å²) in [6.07, 6.45) is 0. The Balaban J connectivity index is 1.80. The Bertz CT molecular complexity index is 764. The number of hydrogen-bond acceptors (Lipinski definition) is 5. The molecule has 144 valence electrons. The number of urea groups is 1. The maximum atomic E-state index is 12.0. The normalized spacial score (nSPS) is 10.0. The van der Waals surface area contributed by atoms with Gasteiger partial charge in [-0.3, -0.25) is 0 Å². The molecule has 0 spiro atoms. The first-order valence-electron chi connectivity index (χ1n) is 8.80. The molecule has 0 fully saturated rings. The third-order valence-electron chi connectivity index (χ3n) is 3.44. The summed E-state index contributed by atoms with van der Waals surface area (Å²) in [7, 11) is 0. The number of carbonyl (C=O) groups is 2. The second kappa shape index (κ2) is 10.7. The Morgan fingerprint density at radius 3 is 2.41 bits per heavy atom. The number of rotatable bonds is 9. The van der Waals surface area contributed by atoms with Gasteiger partial charge in [0.2, 0.25) is 0 Å². The van der Waals surface area contributed by atoms with E-state index in [4.69, 9.17) is 14.2 Å². The van der Waals surface area contributed by atoms with Crippen LogP contribution in [0.3, 0.4) is 0 Å². The van der Waals surface area contributed by atoms with E-state index in [1.54, 1.807) is 37.3 Å². The molecule has 0 aromatic heterocycles. The zero-order valence-corrected chi connectivity index (χ0v) is 15.5. The van der Waals surface area contributed by atoms with Crippen molar-refractivity contribution >= 4 is 17.7 Å². The molecule has 0 atom stereocenters. The van der Waals surface area contributed by atoms with Crippen LogP contribution in [0.5, 0.6) is 11.5 Å². The van der Waals surface area contributed by atoms with E-state index >= 15 is 0 Å². The lowest BCUT2D eigenvalue weighted by atomic mass is 10.2. The van der Waals surface area contributed by atoms with E-state index in [1.807, 2.05) is 25.1 Å². The van der Waals surface area contributed by atoms with Crippen LogP contribution in [0.15, 0.2) is 48.5 Å². The molecule has 2 amide bonds. The predicted molar refractivity (Wildman–Crippen MR) is 103 cm³/mol. The number of para-hydroxylation sites is 1. The molecule has 0 bridgehead atoms. The van der Waals surface area contributed by atoms with E-state index in [-0.39, 0.29) is 6.61 Å². The Labute approximate surface area is 158 Å². The van der Waals surface area contributed by atoms with Crippen LogP contribution in [-0.2, 0) is 4.74 Å². The van der Waals surface area contributed by atoms with Gasteiger partial charge in [0.25, 0.3) is 0 Å². The molecule has 0 unspecified atom stereocenters. The van der Waals surface area contributed by atoms with Crippen molar-refractivity contribution in [3.8, 4) is 11.5 Å². The number of ether oxygens (including phenoxy) is 3. The van der Waals surface area contributed by atoms with E-state index in [1.165, 1.54) is 0 Å². The van der Waals surface area contributed by atoms with Crippen molar-refractivity contribution in [2.45, 2.75) is 13.8 Å². The fourth-order valence-corrected chi connectivity index (χ4v) is 2.30. The van der Waals surface area contributed by atoms with Crippen LogP contribution in [-0.4, -0.2) is 38.4 Å². The van der Waals surface area contributed by atoms with Crippen LogP contribution in [0.4, 0.5) is 10.5 Å². The molecule has 0 saturated heterocycles. The molecule has 7 nitrogen and oxygen atoms in total. The number of anilines is 1. The van der Waals surface area contributed by atoms with Gasteiger partial charge in [0.15, 0.2) is 0 Å².